The summed E-state index contributed by atoms with van der Waals surface area (Å²) in [5.41, 5.74) is 7.02. The molecule has 90 valence electrons. The molecule has 1 aromatic carbocycles. The number of thioether (sulfide) groups is 1. The van der Waals surface area contributed by atoms with Crippen LogP contribution < -0.4 is 5.73 Å². The van der Waals surface area contributed by atoms with E-state index in [0.29, 0.717) is 5.92 Å². The van der Waals surface area contributed by atoms with Crippen molar-refractivity contribution in [3.8, 4) is 0 Å². The molecule has 2 N–H and O–H groups in total. The second-order valence-electron chi connectivity index (χ2n) is 4.25. The van der Waals surface area contributed by atoms with Gasteiger partial charge in [-0.25, -0.2) is 0 Å². The van der Waals surface area contributed by atoms with Gasteiger partial charge >= 0.3 is 0 Å². The molecule has 1 rings (SSSR count). The molecular weight excluding hydrogens is 214 g/mol. The van der Waals surface area contributed by atoms with Crippen LogP contribution in [0.2, 0.25) is 0 Å². The van der Waals surface area contributed by atoms with E-state index in [2.05, 4.69) is 38.1 Å². The maximum Gasteiger partial charge on any atom is 0.00747 e. The Bertz CT molecular complexity index is 299. The third-order valence-electron chi connectivity index (χ3n) is 2.79. The Balaban J connectivity index is 2.56. The van der Waals surface area contributed by atoms with Gasteiger partial charge in [-0.05, 0) is 48.8 Å². The van der Waals surface area contributed by atoms with E-state index in [1.807, 2.05) is 11.8 Å². The highest BCUT2D eigenvalue weighted by Gasteiger charge is 2.05. The topological polar surface area (TPSA) is 26.0 Å². The number of hydrogen-bond acceptors (Lipinski definition) is 2. The Morgan fingerprint density at radius 3 is 2.88 bits per heavy atom. The molecule has 0 fully saturated rings. The van der Waals surface area contributed by atoms with Gasteiger partial charge < -0.3 is 5.73 Å². The average molecular weight is 237 g/mol. The van der Waals surface area contributed by atoms with E-state index in [1.165, 1.54) is 29.1 Å². The highest BCUT2D eigenvalue weighted by atomic mass is 32.2. The van der Waals surface area contributed by atoms with Crippen molar-refractivity contribution < 1.29 is 0 Å². The summed E-state index contributed by atoms with van der Waals surface area (Å²) in [6.45, 7) is 5.26. The van der Waals surface area contributed by atoms with E-state index in [1.54, 1.807) is 0 Å². The molecular formula is C14H23NS. The van der Waals surface area contributed by atoms with E-state index in [9.17, 15) is 0 Å². The lowest BCUT2D eigenvalue weighted by atomic mass is 9.98. The number of unbranched alkanes of at least 4 members (excludes halogenated alkanes) is 1. The average Bonchev–Trinajstić information content (AvgIpc) is 2.30. The van der Waals surface area contributed by atoms with Crippen LogP contribution in [-0.4, -0.2) is 12.3 Å². The molecule has 0 aromatic heterocycles. The van der Waals surface area contributed by atoms with Crippen molar-refractivity contribution in [3.63, 3.8) is 0 Å². The Hall–Kier alpha value is -0.470. The first-order valence-corrected chi connectivity index (χ1v) is 7.19. The molecule has 2 heteroatoms. The van der Waals surface area contributed by atoms with Gasteiger partial charge in [-0.3, -0.25) is 0 Å². The van der Waals surface area contributed by atoms with Crippen molar-refractivity contribution in [1.29, 1.82) is 0 Å². The predicted molar refractivity (Wildman–Crippen MR) is 74.2 cm³/mol. The molecule has 0 radical (unpaired) electrons. The fraction of sp³-hybridized carbons (Fsp3) is 0.571. The molecule has 0 aliphatic carbocycles. The van der Waals surface area contributed by atoms with Gasteiger partial charge in [0, 0.05) is 4.90 Å². The van der Waals surface area contributed by atoms with Crippen molar-refractivity contribution in [2.24, 2.45) is 5.73 Å². The van der Waals surface area contributed by atoms with Gasteiger partial charge in [0.15, 0.2) is 0 Å². The zero-order chi connectivity index (χ0) is 11.8. The van der Waals surface area contributed by atoms with E-state index in [4.69, 9.17) is 5.73 Å². The van der Waals surface area contributed by atoms with Gasteiger partial charge in [0.05, 0.1) is 0 Å². The Kier molecular flexibility index (Phi) is 6.58. The van der Waals surface area contributed by atoms with Crippen LogP contribution in [0.15, 0.2) is 29.2 Å². The van der Waals surface area contributed by atoms with Crippen LogP contribution in [0.25, 0.3) is 0 Å². The highest BCUT2D eigenvalue weighted by molar-refractivity contribution is 7.99. The third kappa shape index (κ3) is 4.58. The molecule has 0 saturated heterocycles. The fourth-order valence-corrected chi connectivity index (χ4v) is 2.72. The second kappa shape index (κ2) is 7.75. The minimum atomic E-state index is 0.580. The molecule has 0 unspecified atom stereocenters. The van der Waals surface area contributed by atoms with Gasteiger partial charge in [0.1, 0.15) is 0 Å². The summed E-state index contributed by atoms with van der Waals surface area (Å²) in [6, 6.07) is 8.90. The lowest BCUT2D eigenvalue weighted by Crippen LogP contribution is -2.04. The van der Waals surface area contributed by atoms with Crippen LogP contribution in [0.4, 0.5) is 0 Å². The van der Waals surface area contributed by atoms with Crippen LogP contribution in [0.1, 0.15) is 44.6 Å². The molecule has 1 nitrogen and oxygen atoms in total. The molecule has 0 spiro atoms. The van der Waals surface area contributed by atoms with E-state index in [0.717, 1.165) is 13.0 Å². The van der Waals surface area contributed by atoms with Crippen molar-refractivity contribution in [2.45, 2.75) is 43.9 Å². The van der Waals surface area contributed by atoms with Gasteiger partial charge in [-0.2, -0.15) is 0 Å². The first-order valence-electron chi connectivity index (χ1n) is 6.20. The molecule has 1 aromatic rings. The van der Waals surface area contributed by atoms with Crippen molar-refractivity contribution in [1.82, 2.24) is 0 Å². The molecule has 0 saturated carbocycles. The standard InChI is InChI=1S/C14H23NS/c1-3-4-10-16-14-7-5-6-13(11-14)12(2)8-9-15/h5-7,11-12H,3-4,8-10,15H2,1-2H3/t12-/m1/s1. The smallest absolute Gasteiger partial charge is 0.00747 e. The number of hydrogen-bond donors (Lipinski definition) is 1. The molecule has 1 atom stereocenters. The normalized spacial score (nSPS) is 12.7. The SMILES string of the molecule is CCCCSc1cccc([C@H](C)CCN)c1. The zero-order valence-corrected chi connectivity index (χ0v) is 11.2. The Labute approximate surface area is 104 Å². The molecule has 0 bridgehead atoms. The van der Waals surface area contributed by atoms with Gasteiger partial charge in [-0.15, -0.1) is 11.8 Å². The molecule has 0 amide bonds. The van der Waals surface area contributed by atoms with Crippen molar-refractivity contribution >= 4 is 11.8 Å². The summed E-state index contributed by atoms with van der Waals surface area (Å²) in [6.07, 6.45) is 3.65. The summed E-state index contributed by atoms with van der Waals surface area (Å²) in [4.78, 5) is 1.40. The lowest BCUT2D eigenvalue weighted by Gasteiger charge is -2.11. The van der Waals surface area contributed by atoms with Crippen molar-refractivity contribution in [3.05, 3.63) is 29.8 Å². The minimum Gasteiger partial charge on any atom is -0.330 e. The maximum atomic E-state index is 5.60. The minimum absolute atomic E-state index is 0.580. The van der Waals surface area contributed by atoms with E-state index in [-0.39, 0.29) is 0 Å². The van der Waals surface area contributed by atoms with Gasteiger partial charge in [0.25, 0.3) is 0 Å². The molecule has 0 heterocycles. The summed E-state index contributed by atoms with van der Waals surface area (Å²) in [5.74, 6) is 1.81. The second-order valence-corrected chi connectivity index (χ2v) is 5.42. The first-order chi connectivity index (χ1) is 7.77. The summed E-state index contributed by atoms with van der Waals surface area (Å²) in [5, 5.41) is 0. The predicted octanol–water partition coefficient (Wildman–Crippen LogP) is 4.03. The van der Waals surface area contributed by atoms with Crippen LogP contribution in [-0.2, 0) is 0 Å². The number of nitrogens with two attached hydrogens (primary N) is 1. The van der Waals surface area contributed by atoms with Crippen molar-refractivity contribution in [2.75, 3.05) is 12.3 Å². The Morgan fingerprint density at radius 1 is 1.38 bits per heavy atom. The van der Waals surface area contributed by atoms with Gasteiger partial charge in [0.2, 0.25) is 0 Å². The summed E-state index contributed by atoms with van der Waals surface area (Å²) >= 11 is 1.96. The zero-order valence-electron chi connectivity index (χ0n) is 10.4. The van der Waals surface area contributed by atoms with Crippen LogP contribution in [0, 0.1) is 0 Å². The number of benzene rings is 1. The molecule has 0 aliphatic heterocycles. The van der Waals surface area contributed by atoms with Gasteiger partial charge in [-0.1, -0.05) is 32.4 Å². The lowest BCUT2D eigenvalue weighted by molar-refractivity contribution is 0.688. The largest absolute Gasteiger partial charge is 0.330 e. The van der Waals surface area contributed by atoms with E-state index >= 15 is 0 Å². The van der Waals surface area contributed by atoms with E-state index < -0.39 is 0 Å². The van der Waals surface area contributed by atoms with Crippen LogP contribution in [0.3, 0.4) is 0 Å². The summed E-state index contributed by atoms with van der Waals surface area (Å²) < 4.78 is 0. The highest BCUT2D eigenvalue weighted by Crippen LogP contribution is 2.25. The first kappa shape index (κ1) is 13.6. The quantitative estimate of drug-likeness (QED) is 0.572. The maximum absolute atomic E-state index is 5.60. The number of rotatable bonds is 7. The Morgan fingerprint density at radius 2 is 2.19 bits per heavy atom. The monoisotopic (exact) mass is 237 g/mol. The fourth-order valence-electron chi connectivity index (χ4n) is 1.66. The molecule has 0 aliphatic rings. The third-order valence-corrected chi connectivity index (χ3v) is 3.87. The summed E-state index contributed by atoms with van der Waals surface area (Å²) in [7, 11) is 0. The van der Waals surface area contributed by atoms with Crippen LogP contribution >= 0.6 is 11.8 Å². The van der Waals surface area contributed by atoms with Crippen LogP contribution in [0.5, 0.6) is 0 Å². The molecule has 16 heavy (non-hydrogen) atoms.